The second-order valence-electron chi connectivity index (χ2n) is 9.13. The number of hydrogen-bond acceptors (Lipinski definition) is 5. The monoisotopic (exact) mass is 400 g/mol. The molecule has 3 saturated heterocycles. The molecule has 3 amide bonds. The van der Waals surface area contributed by atoms with Crippen LogP contribution in [0.4, 0.5) is 5.00 Å². The lowest BCUT2D eigenvalue weighted by molar-refractivity contribution is -0.124. The van der Waals surface area contributed by atoms with E-state index in [4.69, 9.17) is 4.74 Å². The molecule has 0 unspecified atom stereocenters. The molecule has 1 saturated carbocycles. The molecule has 5 aliphatic rings. The molecule has 28 heavy (non-hydrogen) atoms. The summed E-state index contributed by atoms with van der Waals surface area (Å²) in [6, 6.07) is 0.243. The molecule has 1 N–H and O–H groups in total. The summed E-state index contributed by atoms with van der Waals surface area (Å²) in [5.74, 6) is -0.579. The van der Waals surface area contributed by atoms with E-state index in [9.17, 15) is 14.4 Å². The number of rotatable bonds is 3. The van der Waals surface area contributed by atoms with Gasteiger partial charge in [-0.25, -0.2) is 4.90 Å². The number of anilines is 1. The molecule has 0 radical (unpaired) electrons. The topological polar surface area (TPSA) is 75.7 Å². The lowest BCUT2D eigenvalue weighted by Crippen LogP contribution is -2.36. The van der Waals surface area contributed by atoms with Gasteiger partial charge in [0.05, 0.1) is 29.6 Å². The highest BCUT2D eigenvalue weighted by molar-refractivity contribution is 7.17. The van der Waals surface area contributed by atoms with Crippen LogP contribution in [-0.2, 0) is 27.2 Å². The summed E-state index contributed by atoms with van der Waals surface area (Å²) in [4.78, 5) is 42.2. The number of nitrogens with one attached hydrogen (secondary N) is 1. The van der Waals surface area contributed by atoms with Gasteiger partial charge in [-0.15, -0.1) is 11.3 Å². The summed E-state index contributed by atoms with van der Waals surface area (Å²) in [7, 11) is 0. The minimum Gasteiger partial charge on any atom is -0.373 e. The third-order valence-electron chi connectivity index (χ3n) is 7.12. The average Bonchev–Trinajstić information content (AvgIpc) is 3.03. The number of carbonyl (C=O) groups excluding carboxylic acids is 3. The van der Waals surface area contributed by atoms with Gasteiger partial charge in [0.1, 0.15) is 5.00 Å². The Kier molecular flexibility index (Phi) is 3.61. The molecule has 0 aromatic carbocycles. The minimum absolute atomic E-state index is 0.110. The number of nitrogens with zero attached hydrogens (tertiary/aromatic N) is 1. The molecule has 1 aromatic heterocycles. The predicted molar refractivity (Wildman–Crippen MR) is 103 cm³/mol. The van der Waals surface area contributed by atoms with Crippen molar-refractivity contribution in [2.24, 2.45) is 17.8 Å². The highest BCUT2D eigenvalue weighted by atomic mass is 32.1. The number of carbonyl (C=O) groups is 3. The number of hydrogen-bond donors (Lipinski definition) is 1. The third kappa shape index (κ3) is 2.32. The zero-order valence-electron chi connectivity index (χ0n) is 15.9. The maximum atomic E-state index is 13.3. The molecule has 4 fully saturated rings. The summed E-state index contributed by atoms with van der Waals surface area (Å²) < 4.78 is 5.85. The molecule has 1 aromatic rings. The van der Waals surface area contributed by atoms with Gasteiger partial charge in [0.25, 0.3) is 5.91 Å². The second-order valence-corrected chi connectivity index (χ2v) is 10.2. The lowest BCUT2D eigenvalue weighted by atomic mass is 9.81. The minimum atomic E-state index is -0.358. The molecule has 7 heteroatoms. The fourth-order valence-electron chi connectivity index (χ4n) is 5.53. The van der Waals surface area contributed by atoms with Gasteiger partial charge in [-0.1, -0.05) is 6.92 Å². The number of amides is 3. The Morgan fingerprint density at radius 2 is 1.75 bits per heavy atom. The van der Waals surface area contributed by atoms with E-state index in [0.29, 0.717) is 16.5 Å². The fourth-order valence-corrected chi connectivity index (χ4v) is 7.04. The van der Waals surface area contributed by atoms with Crippen molar-refractivity contribution in [1.82, 2.24) is 5.32 Å². The van der Waals surface area contributed by atoms with Crippen molar-refractivity contribution >= 4 is 34.1 Å². The Morgan fingerprint density at radius 1 is 1.07 bits per heavy atom. The van der Waals surface area contributed by atoms with Crippen LogP contribution in [0.5, 0.6) is 0 Å². The van der Waals surface area contributed by atoms with Crippen LogP contribution in [0, 0.1) is 17.8 Å². The van der Waals surface area contributed by atoms with Gasteiger partial charge >= 0.3 is 0 Å². The summed E-state index contributed by atoms with van der Waals surface area (Å²) >= 11 is 1.49. The van der Waals surface area contributed by atoms with Gasteiger partial charge in [-0.2, -0.15) is 0 Å². The predicted octanol–water partition coefficient (Wildman–Crippen LogP) is 2.43. The number of imide groups is 1. The molecule has 148 valence electrons. The highest BCUT2D eigenvalue weighted by Crippen LogP contribution is 2.52. The Bertz CT molecular complexity index is 876. The molecular weight excluding hydrogens is 376 g/mol. The van der Waals surface area contributed by atoms with Crippen LogP contribution in [0.1, 0.15) is 59.8 Å². The van der Waals surface area contributed by atoms with Crippen LogP contribution in [0.2, 0.25) is 0 Å². The molecule has 6 rings (SSSR count). The van der Waals surface area contributed by atoms with Crippen LogP contribution in [0.15, 0.2) is 0 Å². The lowest BCUT2D eigenvalue weighted by Gasteiger charge is -2.19. The Hall–Kier alpha value is -1.73. The number of fused-ring (bicyclic) bond motifs is 6. The number of ether oxygens (including phenoxy) is 1. The van der Waals surface area contributed by atoms with Crippen molar-refractivity contribution in [3.8, 4) is 0 Å². The highest BCUT2D eigenvalue weighted by Gasteiger charge is 2.63. The van der Waals surface area contributed by atoms with E-state index in [1.165, 1.54) is 21.1 Å². The Balaban J connectivity index is 1.43. The molecule has 5 atom stereocenters. The van der Waals surface area contributed by atoms with Crippen LogP contribution in [-0.4, -0.2) is 36.0 Å². The third-order valence-corrected chi connectivity index (χ3v) is 8.36. The van der Waals surface area contributed by atoms with Crippen molar-refractivity contribution in [2.45, 2.75) is 70.1 Å². The van der Waals surface area contributed by atoms with Gasteiger partial charge in [0, 0.05) is 10.9 Å². The first-order valence-electron chi connectivity index (χ1n) is 10.5. The summed E-state index contributed by atoms with van der Waals surface area (Å²) in [6.07, 6.45) is 6.27. The molecular formula is C21H24N2O4S. The second kappa shape index (κ2) is 5.89. The molecule has 6 nitrogen and oxygen atoms in total. The van der Waals surface area contributed by atoms with Gasteiger partial charge in [-0.3, -0.25) is 14.4 Å². The van der Waals surface area contributed by atoms with E-state index in [2.05, 4.69) is 12.2 Å². The van der Waals surface area contributed by atoms with Crippen LogP contribution >= 0.6 is 11.3 Å². The zero-order chi connectivity index (χ0) is 19.2. The van der Waals surface area contributed by atoms with Gasteiger partial charge in [-0.05, 0) is 56.4 Å². The Morgan fingerprint density at radius 3 is 2.39 bits per heavy atom. The van der Waals surface area contributed by atoms with Gasteiger partial charge < -0.3 is 10.1 Å². The van der Waals surface area contributed by atoms with Crippen LogP contribution in [0.25, 0.3) is 0 Å². The average molecular weight is 401 g/mol. The van der Waals surface area contributed by atoms with E-state index in [0.717, 1.165) is 50.5 Å². The van der Waals surface area contributed by atoms with Crippen molar-refractivity contribution in [2.75, 3.05) is 4.90 Å². The van der Waals surface area contributed by atoms with Crippen molar-refractivity contribution in [1.29, 1.82) is 0 Å². The first kappa shape index (κ1) is 17.2. The van der Waals surface area contributed by atoms with Crippen LogP contribution in [0.3, 0.4) is 0 Å². The summed E-state index contributed by atoms with van der Waals surface area (Å²) in [5.41, 5.74) is 1.65. The van der Waals surface area contributed by atoms with Crippen molar-refractivity contribution in [3.63, 3.8) is 0 Å². The quantitative estimate of drug-likeness (QED) is 0.791. The number of thiophene rings is 1. The van der Waals surface area contributed by atoms with Gasteiger partial charge in [0.2, 0.25) is 11.8 Å². The van der Waals surface area contributed by atoms with E-state index in [-0.39, 0.29) is 47.8 Å². The molecule has 2 bridgehead atoms. The largest absolute Gasteiger partial charge is 0.373 e. The Labute approximate surface area is 167 Å². The van der Waals surface area contributed by atoms with Crippen molar-refractivity contribution < 1.29 is 19.1 Å². The standard InChI is InChI=1S/C21H24N2O4S/c1-9-2-5-11-14(8-9)28-21(15(11)18(24)22-10-3-4-10)23-19(25)16-12-6-7-13(27-12)17(16)20(23)26/h9-10,12-13,16-17H,2-8H2,1H3,(H,22,24)/t9-,12-,13+,16-,17-/m0/s1. The normalized spacial score (nSPS) is 36.0. The first-order chi connectivity index (χ1) is 13.5. The molecule has 4 heterocycles. The maximum absolute atomic E-state index is 13.3. The summed E-state index contributed by atoms with van der Waals surface area (Å²) in [5, 5.41) is 3.66. The van der Waals surface area contributed by atoms with Crippen molar-refractivity contribution in [3.05, 3.63) is 16.0 Å². The van der Waals surface area contributed by atoms with E-state index in [1.807, 2.05) is 0 Å². The van der Waals surface area contributed by atoms with E-state index in [1.54, 1.807) is 0 Å². The van der Waals surface area contributed by atoms with Crippen LogP contribution < -0.4 is 10.2 Å². The van der Waals surface area contributed by atoms with E-state index < -0.39 is 0 Å². The molecule has 2 aliphatic carbocycles. The SMILES string of the molecule is C[C@H]1CCc2c(sc(N3C(=O)[C@@H]4[C@@H](C3=O)[C@H]3CC[C@@H]4O3)c2C(=O)NC2CC2)C1. The maximum Gasteiger partial charge on any atom is 0.254 e. The molecule has 0 spiro atoms. The summed E-state index contributed by atoms with van der Waals surface area (Å²) in [6.45, 7) is 2.22. The smallest absolute Gasteiger partial charge is 0.254 e. The first-order valence-corrected chi connectivity index (χ1v) is 11.3. The van der Waals surface area contributed by atoms with Gasteiger partial charge in [0.15, 0.2) is 0 Å². The van der Waals surface area contributed by atoms with E-state index >= 15 is 0 Å². The fraction of sp³-hybridized carbons (Fsp3) is 0.667. The zero-order valence-corrected chi connectivity index (χ0v) is 16.7. The molecule has 3 aliphatic heterocycles.